The van der Waals surface area contributed by atoms with Gasteiger partial charge in [-0.15, -0.1) is 0 Å². The first kappa shape index (κ1) is 30.6. The molecule has 3 fully saturated rings. The molecule has 3 aliphatic rings. The van der Waals surface area contributed by atoms with Crippen molar-refractivity contribution in [2.45, 2.75) is 62.8 Å². The summed E-state index contributed by atoms with van der Waals surface area (Å²) in [5.41, 5.74) is 2.22. The fourth-order valence-corrected chi connectivity index (χ4v) is 4.32. The molecule has 3 unspecified atom stereocenters. The van der Waals surface area contributed by atoms with Gasteiger partial charge in [0, 0.05) is 31.1 Å². The Morgan fingerprint density at radius 2 is 1.56 bits per heavy atom. The molecular weight excluding hydrogens is 538 g/mol. The van der Waals surface area contributed by atoms with Gasteiger partial charge in [-0.05, 0) is 43.7 Å². The zero-order valence-corrected chi connectivity index (χ0v) is 20.6. The van der Waals surface area contributed by atoms with E-state index in [0.717, 1.165) is 49.9 Å². The number of hydrogen-bond acceptors (Lipinski definition) is 6. The van der Waals surface area contributed by atoms with Crippen LogP contribution in [0.2, 0.25) is 0 Å². The van der Waals surface area contributed by atoms with E-state index in [4.69, 9.17) is 34.3 Å². The summed E-state index contributed by atoms with van der Waals surface area (Å²) in [6, 6.07) is 13.2. The lowest BCUT2D eigenvalue weighted by atomic mass is 10.1. The maximum Gasteiger partial charge on any atom is 0.490 e. The lowest BCUT2D eigenvalue weighted by molar-refractivity contribution is -0.193. The van der Waals surface area contributed by atoms with Crippen molar-refractivity contribution in [1.82, 2.24) is 9.88 Å². The summed E-state index contributed by atoms with van der Waals surface area (Å²) >= 11 is 0. The van der Waals surface area contributed by atoms with Crippen molar-refractivity contribution >= 4 is 22.8 Å². The molecule has 2 bridgehead atoms. The van der Waals surface area contributed by atoms with Crippen molar-refractivity contribution in [3.63, 3.8) is 0 Å². The molecule has 2 aliphatic carbocycles. The molecule has 1 aromatic heterocycles. The van der Waals surface area contributed by atoms with Crippen LogP contribution in [0, 0.1) is 5.92 Å². The number of rotatable bonds is 5. The van der Waals surface area contributed by atoms with Gasteiger partial charge in [0.1, 0.15) is 0 Å². The summed E-state index contributed by atoms with van der Waals surface area (Å²) in [6.45, 7) is 3.58. The zero-order chi connectivity index (χ0) is 28.8. The Bertz CT molecular complexity index is 1100. The molecule has 0 amide bonds. The molecule has 2 N–H and O–H groups in total. The second-order valence-electron chi connectivity index (χ2n) is 9.37. The predicted molar refractivity (Wildman–Crippen MR) is 125 cm³/mol. The number of carbonyl (C=O) groups is 2. The fourth-order valence-electron chi connectivity index (χ4n) is 4.32. The van der Waals surface area contributed by atoms with Crippen LogP contribution in [0.1, 0.15) is 31.4 Å². The van der Waals surface area contributed by atoms with Crippen molar-refractivity contribution < 1.29 is 55.6 Å². The van der Waals surface area contributed by atoms with E-state index in [1.807, 2.05) is 0 Å². The number of alkyl halides is 6. The first-order chi connectivity index (χ1) is 18.3. The molecule has 216 valence electrons. The summed E-state index contributed by atoms with van der Waals surface area (Å²) in [4.78, 5) is 25.2. The highest BCUT2D eigenvalue weighted by Crippen LogP contribution is 2.35. The number of fused-ring (bicyclic) bond motifs is 3. The monoisotopic (exact) mass is 566 g/mol. The minimum atomic E-state index is -5.08. The molecule has 8 nitrogen and oxygen atoms in total. The topological polar surface area (TPSA) is 109 Å². The van der Waals surface area contributed by atoms with E-state index in [-0.39, 0.29) is 6.10 Å². The third-order valence-electron chi connectivity index (χ3n) is 6.40. The number of pyridine rings is 1. The van der Waals surface area contributed by atoms with E-state index in [9.17, 15) is 26.3 Å². The molecular formula is C25H28F6N2O6. The molecule has 5 rings (SSSR count). The van der Waals surface area contributed by atoms with E-state index in [0.29, 0.717) is 12.1 Å². The molecule has 0 spiro atoms. The molecule has 2 saturated carbocycles. The Morgan fingerprint density at radius 1 is 0.949 bits per heavy atom. The van der Waals surface area contributed by atoms with E-state index < -0.39 is 24.3 Å². The average molecular weight is 566 g/mol. The Hall–Kier alpha value is -2.97. The van der Waals surface area contributed by atoms with E-state index in [2.05, 4.69) is 41.3 Å². The van der Waals surface area contributed by atoms with Crippen LogP contribution >= 0.6 is 0 Å². The van der Waals surface area contributed by atoms with Gasteiger partial charge < -0.3 is 19.7 Å². The third kappa shape index (κ3) is 9.32. The number of para-hydroxylation sites is 1. The van der Waals surface area contributed by atoms with Crippen molar-refractivity contribution in [2.75, 3.05) is 19.8 Å². The highest BCUT2D eigenvalue weighted by molar-refractivity contribution is 5.78. The van der Waals surface area contributed by atoms with Gasteiger partial charge in [0.05, 0.1) is 30.0 Å². The van der Waals surface area contributed by atoms with Crippen molar-refractivity contribution in [3.05, 3.63) is 42.1 Å². The molecule has 3 atom stereocenters. The number of carboxylic acid groups (broad SMARTS) is 2. The van der Waals surface area contributed by atoms with Crippen molar-refractivity contribution in [1.29, 1.82) is 0 Å². The van der Waals surface area contributed by atoms with E-state index in [1.54, 1.807) is 0 Å². The van der Waals surface area contributed by atoms with Gasteiger partial charge >= 0.3 is 24.3 Å². The number of aromatic nitrogens is 1. The maximum absolute atomic E-state index is 10.6. The zero-order valence-electron chi connectivity index (χ0n) is 20.6. The third-order valence-corrected chi connectivity index (χ3v) is 6.40. The minimum absolute atomic E-state index is 0.239. The Morgan fingerprint density at radius 3 is 2.15 bits per heavy atom. The molecule has 1 aromatic carbocycles. The normalized spacial score (nSPS) is 23.2. The average Bonchev–Trinajstić information content (AvgIpc) is 3.61. The first-order valence-corrected chi connectivity index (χ1v) is 12.2. The second kappa shape index (κ2) is 12.9. The summed E-state index contributed by atoms with van der Waals surface area (Å²) in [6.07, 6.45) is -4.65. The van der Waals surface area contributed by atoms with Gasteiger partial charge in [0.15, 0.2) is 0 Å². The van der Waals surface area contributed by atoms with Gasteiger partial charge in [-0.1, -0.05) is 24.3 Å². The van der Waals surface area contributed by atoms with Gasteiger partial charge in [-0.2, -0.15) is 26.3 Å². The van der Waals surface area contributed by atoms with Crippen LogP contribution in [-0.2, 0) is 25.6 Å². The predicted octanol–water partition coefficient (Wildman–Crippen LogP) is 4.66. The number of halogens is 6. The Kier molecular flexibility index (Phi) is 10.1. The Labute approximate surface area is 219 Å². The van der Waals surface area contributed by atoms with Gasteiger partial charge in [0.25, 0.3) is 0 Å². The molecule has 1 saturated heterocycles. The smallest absolute Gasteiger partial charge is 0.475 e. The Balaban J connectivity index is 0.000000251. The number of aliphatic carboxylic acids is 2. The summed E-state index contributed by atoms with van der Waals surface area (Å²) < 4.78 is 75.9. The highest BCUT2D eigenvalue weighted by atomic mass is 19.4. The molecule has 0 radical (unpaired) electrons. The van der Waals surface area contributed by atoms with Crippen LogP contribution in [0.25, 0.3) is 10.9 Å². The number of carboxylic acids is 2. The van der Waals surface area contributed by atoms with Crippen LogP contribution in [0.5, 0.6) is 0 Å². The highest BCUT2D eigenvalue weighted by Gasteiger charge is 2.44. The van der Waals surface area contributed by atoms with Gasteiger partial charge in [-0.25, -0.2) is 9.59 Å². The van der Waals surface area contributed by atoms with E-state index >= 15 is 0 Å². The van der Waals surface area contributed by atoms with Gasteiger partial charge in [0.2, 0.25) is 0 Å². The van der Waals surface area contributed by atoms with Crippen LogP contribution in [-0.4, -0.2) is 82.4 Å². The van der Waals surface area contributed by atoms with Crippen molar-refractivity contribution in [3.8, 4) is 0 Å². The summed E-state index contributed by atoms with van der Waals surface area (Å²) in [5.74, 6) is -4.71. The molecule has 39 heavy (non-hydrogen) atoms. The number of benzene rings is 1. The SMILES string of the molecule is O=C(O)C(F)(F)F.O=C(O)C(F)(F)F.c1ccc2nc(CN3CCOC4CCC3C4OCC3CC3)ccc2c1. The fraction of sp³-hybridized carbons (Fsp3) is 0.560. The minimum Gasteiger partial charge on any atom is -0.475 e. The first-order valence-electron chi connectivity index (χ1n) is 12.2. The van der Waals surface area contributed by atoms with Crippen LogP contribution < -0.4 is 0 Å². The second-order valence-corrected chi connectivity index (χ2v) is 9.37. The summed E-state index contributed by atoms with van der Waals surface area (Å²) in [5, 5.41) is 15.5. The molecule has 2 heterocycles. The number of nitrogens with zero attached hydrogens (tertiary/aromatic N) is 2. The van der Waals surface area contributed by atoms with Crippen LogP contribution in [0.15, 0.2) is 36.4 Å². The van der Waals surface area contributed by atoms with Crippen molar-refractivity contribution in [2.24, 2.45) is 5.92 Å². The number of ether oxygens (including phenoxy) is 2. The van der Waals surface area contributed by atoms with Crippen LogP contribution in [0.3, 0.4) is 0 Å². The van der Waals surface area contributed by atoms with Gasteiger partial charge in [-0.3, -0.25) is 9.88 Å². The quantitative estimate of drug-likeness (QED) is 0.504. The lowest BCUT2D eigenvalue weighted by Crippen LogP contribution is -2.43. The van der Waals surface area contributed by atoms with E-state index in [1.165, 1.54) is 24.6 Å². The van der Waals surface area contributed by atoms with Crippen LogP contribution in [0.4, 0.5) is 26.3 Å². The largest absolute Gasteiger partial charge is 0.490 e. The lowest BCUT2D eigenvalue weighted by Gasteiger charge is -2.31. The summed E-state index contributed by atoms with van der Waals surface area (Å²) in [7, 11) is 0. The molecule has 1 aliphatic heterocycles. The molecule has 2 aromatic rings. The molecule has 14 heteroatoms. The standard InChI is InChI=1S/C21H26N2O2.2C2HF3O2/c1-2-4-18-16(3-1)7-8-17(22-18)13-23-11-12-24-20-10-9-19(23)21(20)25-14-15-5-6-15;2*3-2(4,5)1(6)7/h1-4,7-8,15,19-21H,5-6,9-14H2;2*(H,6,7). The maximum atomic E-state index is 10.6. The number of hydrogen-bond donors (Lipinski definition) is 2.